The van der Waals surface area contributed by atoms with Crippen LogP contribution in [0.2, 0.25) is 0 Å². The molecule has 198 valence electrons. The number of hydrogen-bond donors (Lipinski definition) is 0. The zero-order valence-electron chi connectivity index (χ0n) is 22.3. The Morgan fingerprint density at radius 3 is 1.18 bits per heavy atom. The van der Waals surface area contributed by atoms with Gasteiger partial charge in [0.25, 0.3) is 0 Å². The third-order valence-corrected chi connectivity index (χ3v) is 8.49. The second-order valence-electron chi connectivity index (χ2n) is 10.6. The second kappa shape index (κ2) is 9.42. The molecule has 6 heteroatoms. The Balaban J connectivity index is 1.73. The summed E-state index contributed by atoms with van der Waals surface area (Å²) in [6.07, 6.45) is -0.213. The zero-order valence-corrected chi connectivity index (χ0v) is 22.3. The minimum atomic E-state index is -2.04. The van der Waals surface area contributed by atoms with Gasteiger partial charge in [-0.2, -0.15) is 0 Å². The Hall–Kier alpha value is -4.84. The van der Waals surface area contributed by atoms with Gasteiger partial charge in [-0.15, -0.1) is 0 Å². The van der Waals surface area contributed by atoms with Gasteiger partial charge < -0.3 is 9.80 Å². The third-order valence-electron chi connectivity index (χ3n) is 8.49. The van der Waals surface area contributed by atoms with Crippen molar-refractivity contribution in [2.24, 2.45) is 10.8 Å². The van der Waals surface area contributed by atoms with Crippen LogP contribution in [0.3, 0.4) is 0 Å². The topological polar surface area (TPSA) is 74.8 Å². The van der Waals surface area contributed by atoms with Crippen LogP contribution in [0.4, 0.5) is 11.4 Å². The lowest BCUT2D eigenvalue weighted by molar-refractivity contribution is -0.142. The summed E-state index contributed by atoms with van der Waals surface area (Å²) in [6.45, 7) is 0. The predicted octanol–water partition coefficient (Wildman–Crippen LogP) is 5.16. The van der Waals surface area contributed by atoms with Crippen molar-refractivity contribution in [3.05, 3.63) is 131 Å². The fraction of sp³-hybridized carbons (Fsp3) is 0.176. The molecule has 2 aliphatic heterocycles. The number of carbonyl (C=O) groups excluding carboxylic acids is 4. The molecule has 40 heavy (non-hydrogen) atoms. The van der Waals surface area contributed by atoms with E-state index in [-0.39, 0.29) is 12.8 Å². The number of anilines is 2. The van der Waals surface area contributed by atoms with Crippen LogP contribution < -0.4 is 9.80 Å². The quantitative estimate of drug-likeness (QED) is 0.335. The van der Waals surface area contributed by atoms with Crippen molar-refractivity contribution in [2.45, 2.75) is 12.8 Å². The lowest BCUT2D eigenvalue weighted by Gasteiger charge is -2.53. The molecule has 2 unspecified atom stereocenters. The molecule has 0 aliphatic carbocycles. The van der Waals surface area contributed by atoms with E-state index < -0.39 is 34.2 Å². The van der Waals surface area contributed by atoms with Gasteiger partial charge in [0, 0.05) is 25.2 Å². The van der Waals surface area contributed by atoms with E-state index in [1.54, 1.807) is 62.6 Å². The van der Waals surface area contributed by atoms with Crippen LogP contribution in [0.5, 0.6) is 0 Å². The molecule has 2 aliphatic rings. The number of benzene rings is 4. The molecule has 0 radical (unpaired) electrons. The van der Waals surface area contributed by atoms with Crippen LogP contribution in [0.1, 0.15) is 31.8 Å². The molecule has 6 rings (SSSR count). The van der Waals surface area contributed by atoms with E-state index in [0.29, 0.717) is 33.6 Å². The van der Waals surface area contributed by atoms with Crippen LogP contribution in [-0.2, 0) is 22.4 Å². The average molecular weight is 529 g/mol. The van der Waals surface area contributed by atoms with Crippen molar-refractivity contribution in [1.82, 2.24) is 0 Å². The lowest BCUT2D eigenvalue weighted by Crippen LogP contribution is -2.70. The number of carbonyl (C=O) groups is 4. The first-order valence-electron chi connectivity index (χ1n) is 13.2. The van der Waals surface area contributed by atoms with E-state index in [2.05, 4.69) is 0 Å². The van der Waals surface area contributed by atoms with Crippen molar-refractivity contribution in [2.75, 3.05) is 23.9 Å². The Labute approximate surface area is 232 Å². The molecule has 6 nitrogen and oxygen atoms in total. The van der Waals surface area contributed by atoms with E-state index in [4.69, 9.17) is 0 Å². The zero-order chi connectivity index (χ0) is 28.1. The van der Waals surface area contributed by atoms with Gasteiger partial charge in [0.2, 0.25) is 11.8 Å². The number of Topliss-reactive ketones (excluding diaryl/α,β-unsaturated/α-hetero) is 2. The third kappa shape index (κ3) is 3.42. The lowest BCUT2D eigenvalue weighted by atomic mass is 9.50. The maximum atomic E-state index is 14.9. The van der Waals surface area contributed by atoms with Gasteiger partial charge >= 0.3 is 0 Å². The first-order chi connectivity index (χ1) is 19.3. The fourth-order valence-corrected chi connectivity index (χ4v) is 6.53. The highest BCUT2D eigenvalue weighted by Crippen LogP contribution is 2.56. The summed E-state index contributed by atoms with van der Waals surface area (Å²) in [6, 6.07) is 32.1. The molecular formula is C34H28N2O4. The number of hydrogen-bond acceptors (Lipinski definition) is 4. The van der Waals surface area contributed by atoms with Gasteiger partial charge in [-0.1, -0.05) is 84.9 Å². The molecule has 0 fully saturated rings. The molecule has 0 bridgehead atoms. The maximum absolute atomic E-state index is 14.9. The summed E-state index contributed by atoms with van der Waals surface area (Å²) in [4.78, 5) is 62.4. The number of ketones is 2. The van der Waals surface area contributed by atoms with Crippen LogP contribution in [-0.4, -0.2) is 37.5 Å². The first kappa shape index (κ1) is 25.4. The summed E-state index contributed by atoms with van der Waals surface area (Å²) in [5.74, 6) is -2.16. The maximum Gasteiger partial charge on any atom is 0.242 e. The largest absolute Gasteiger partial charge is 0.314 e. The van der Waals surface area contributed by atoms with E-state index >= 15 is 0 Å². The van der Waals surface area contributed by atoms with Gasteiger partial charge in [0.1, 0.15) is 10.8 Å². The molecule has 2 atom stereocenters. The van der Waals surface area contributed by atoms with E-state index in [1.165, 1.54) is 9.80 Å². The SMILES string of the molecule is CN1C(=O)C(Cc2ccccc2)(C2(Cc3ccccc3)C(=O)c3ccccc3N(C)C2=O)C(=O)c2ccccc21. The van der Waals surface area contributed by atoms with Gasteiger partial charge in [-0.25, -0.2) is 0 Å². The molecule has 4 aromatic rings. The van der Waals surface area contributed by atoms with Gasteiger partial charge in [0.05, 0.1) is 11.4 Å². The van der Waals surface area contributed by atoms with Crippen molar-refractivity contribution < 1.29 is 19.2 Å². The van der Waals surface area contributed by atoms with Crippen LogP contribution >= 0.6 is 0 Å². The monoisotopic (exact) mass is 528 g/mol. The summed E-state index contributed by atoms with van der Waals surface area (Å²) >= 11 is 0. The molecule has 0 aromatic heterocycles. The normalized spacial score (nSPS) is 22.2. The second-order valence-corrected chi connectivity index (χ2v) is 10.6. The minimum Gasteiger partial charge on any atom is -0.314 e. The highest BCUT2D eigenvalue weighted by molar-refractivity contribution is 6.35. The average Bonchev–Trinajstić information content (AvgIpc) is 3.00. The van der Waals surface area contributed by atoms with E-state index in [1.807, 2.05) is 60.7 Å². The number of nitrogens with zero attached hydrogens (tertiary/aromatic N) is 2. The van der Waals surface area contributed by atoms with Crippen molar-refractivity contribution in [3.63, 3.8) is 0 Å². The van der Waals surface area contributed by atoms with Crippen LogP contribution in [0, 0.1) is 10.8 Å². The number of rotatable bonds is 5. The van der Waals surface area contributed by atoms with Crippen molar-refractivity contribution in [1.29, 1.82) is 0 Å². The first-order valence-corrected chi connectivity index (χ1v) is 13.2. The van der Waals surface area contributed by atoms with Gasteiger partial charge in [-0.05, 0) is 48.2 Å². The smallest absolute Gasteiger partial charge is 0.242 e. The van der Waals surface area contributed by atoms with Gasteiger partial charge in [-0.3, -0.25) is 19.2 Å². The van der Waals surface area contributed by atoms with Crippen LogP contribution in [0.25, 0.3) is 0 Å². The fourth-order valence-electron chi connectivity index (χ4n) is 6.53. The molecular weight excluding hydrogens is 500 g/mol. The Bertz CT molecular complexity index is 1540. The molecule has 0 spiro atoms. The Morgan fingerprint density at radius 1 is 0.475 bits per heavy atom. The molecule has 0 saturated heterocycles. The van der Waals surface area contributed by atoms with Gasteiger partial charge in [0.15, 0.2) is 11.6 Å². The number of para-hydroxylation sites is 2. The van der Waals surface area contributed by atoms with Crippen LogP contribution in [0.15, 0.2) is 109 Å². The molecule has 2 amide bonds. The Morgan fingerprint density at radius 2 is 0.800 bits per heavy atom. The van der Waals surface area contributed by atoms with E-state index in [9.17, 15) is 19.2 Å². The molecule has 0 N–H and O–H groups in total. The standard InChI is InChI=1S/C34H28N2O4/c1-35-27-19-11-9-17-25(27)29(37)33(31(35)39,21-23-13-5-3-6-14-23)34(22-24-15-7-4-8-16-24)30(38)26-18-10-12-20-28(26)36(2)32(34)40/h3-20H,21-22H2,1-2H3. The Kier molecular flexibility index (Phi) is 5.99. The summed E-state index contributed by atoms with van der Waals surface area (Å²) in [5.41, 5.74) is -1.16. The molecule has 0 saturated carbocycles. The highest BCUT2D eigenvalue weighted by Gasteiger charge is 2.72. The molecule has 4 aromatic carbocycles. The minimum absolute atomic E-state index is 0.107. The van der Waals surface area contributed by atoms with Crippen molar-refractivity contribution >= 4 is 34.8 Å². The summed E-state index contributed by atoms with van der Waals surface area (Å²) in [7, 11) is 3.22. The number of fused-ring (bicyclic) bond motifs is 2. The predicted molar refractivity (Wildman–Crippen MR) is 154 cm³/mol. The summed E-state index contributed by atoms with van der Waals surface area (Å²) in [5, 5.41) is 0. The highest BCUT2D eigenvalue weighted by atomic mass is 16.2. The number of amides is 2. The van der Waals surface area contributed by atoms with Crippen molar-refractivity contribution in [3.8, 4) is 0 Å². The molecule has 2 heterocycles. The summed E-state index contributed by atoms with van der Waals surface area (Å²) < 4.78 is 0. The van der Waals surface area contributed by atoms with E-state index in [0.717, 1.165) is 0 Å².